The molecule has 0 bridgehead atoms. The minimum Gasteiger partial charge on any atom is -0.465 e. The molecule has 0 aromatic heterocycles. The van der Waals surface area contributed by atoms with Gasteiger partial charge < -0.3 is 15.0 Å². The number of hydrogen-bond donors (Lipinski definition) is 1. The van der Waals surface area contributed by atoms with Crippen LogP contribution >= 0.6 is 0 Å². The maximum atomic E-state index is 12.2. The van der Waals surface area contributed by atoms with Crippen molar-refractivity contribution in [3.63, 3.8) is 0 Å². The van der Waals surface area contributed by atoms with Crippen LogP contribution in [-0.2, 0) is 9.53 Å². The Bertz CT molecular complexity index is 342. The van der Waals surface area contributed by atoms with Crippen molar-refractivity contribution in [3.8, 4) is 0 Å². The van der Waals surface area contributed by atoms with Crippen LogP contribution in [0.4, 0.5) is 18.0 Å². The lowest BCUT2D eigenvalue weighted by Gasteiger charge is -2.34. The van der Waals surface area contributed by atoms with Gasteiger partial charge in [0.1, 0.15) is 6.54 Å². The summed E-state index contributed by atoms with van der Waals surface area (Å²) < 4.78 is 41.2. The number of nitrogens with zero attached hydrogens (tertiary/aromatic N) is 2. The molecule has 0 aliphatic carbocycles. The summed E-state index contributed by atoms with van der Waals surface area (Å²) in [5, 5.41) is 2.37. The highest BCUT2D eigenvalue weighted by molar-refractivity contribution is 5.80. The summed E-state index contributed by atoms with van der Waals surface area (Å²) in [5.74, 6) is -0.545. The van der Waals surface area contributed by atoms with Gasteiger partial charge in [-0.05, 0) is 6.92 Å². The van der Waals surface area contributed by atoms with E-state index >= 15 is 0 Å². The molecular formula is C11H18F3N3O3. The SMILES string of the molecule is CCOC(=O)CNC(=O)N1CCN(CC(F)(F)F)CC1. The Morgan fingerprint density at radius 2 is 1.80 bits per heavy atom. The number of hydrogen-bond acceptors (Lipinski definition) is 4. The molecule has 0 aromatic rings. The third kappa shape index (κ3) is 6.09. The van der Waals surface area contributed by atoms with Gasteiger partial charge >= 0.3 is 18.2 Å². The predicted octanol–water partition coefficient (Wildman–Crippen LogP) is 0.439. The number of nitrogens with one attached hydrogen (secondary N) is 1. The molecular weight excluding hydrogens is 279 g/mol. The second-order valence-electron chi connectivity index (χ2n) is 4.34. The first kappa shape index (κ1) is 16.5. The maximum Gasteiger partial charge on any atom is 0.401 e. The zero-order valence-corrected chi connectivity index (χ0v) is 11.2. The Morgan fingerprint density at radius 1 is 1.20 bits per heavy atom. The topological polar surface area (TPSA) is 61.9 Å². The van der Waals surface area contributed by atoms with Crippen molar-refractivity contribution < 1.29 is 27.5 Å². The molecule has 1 heterocycles. The van der Waals surface area contributed by atoms with Crippen LogP contribution in [0.2, 0.25) is 0 Å². The molecule has 116 valence electrons. The number of carbonyl (C=O) groups excluding carboxylic acids is 2. The molecule has 1 aliphatic rings. The number of alkyl halides is 3. The highest BCUT2D eigenvalue weighted by atomic mass is 19.4. The molecule has 0 saturated carbocycles. The molecule has 1 aliphatic heterocycles. The molecule has 0 radical (unpaired) electrons. The van der Waals surface area contributed by atoms with Crippen molar-refractivity contribution in [2.24, 2.45) is 0 Å². The molecule has 6 nitrogen and oxygen atoms in total. The van der Waals surface area contributed by atoms with Gasteiger partial charge in [-0.2, -0.15) is 13.2 Å². The number of rotatable bonds is 4. The van der Waals surface area contributed by atoms with E-state index in [4.69, 9.17) is 0 Å². The van der Waals surface area contributed by atoms with Crippen molar-refractivity contribution >= 4 is 12.0 Å². The predicted molar refractivity (Wildman–Crippen MR) is 64.1 cm³/mol. The number of piperazine rings is 1. The summed E-state index contributed by atoms with van der Waals surface area (Å²) in [6, 6.07) is -0.468. The number of urea groups is 1. The highest BCUT2D eigenvalue weighted by Gasteiger charge is 2.32. The second kappa shape index (κ2) is 7.32. The molecule has 0 unspecified atom stereocenters. The van der Waals surface area contributed by atoms with Crippen LogP contribution in [0.1, 0.15) is 6.92 Å². The van der Waals surface area contributed by atoms with E-state index in [0.29, 0.717) is 0 Å². The van der Waals surface area contributed by atoms with Crippen molar-refractivity contribution in [1.29, 1.82) is 0 Å². The molecule has 0 atom stereocenters. The lowest BCUT2D eigenvalue weighted by atomic mass is 10.3. The van der Waals surface area contributed by atoms with Crippen LogP contribution in [0.15, 0.2) is 0 Å². The fourth-order valence-corrected chi connectivity index (χ4v) is 1.83. The molecule has 9 heteroatoms. The lowest BCUT2D eigenvalue weighted by Crippen LogP contribution is -2.53. The van der Waals surface area contributed by atoms with Gasteiger partial charge in [-0.25, -0.2) is 4.79 Å². The number of esters is 1. The zero-order chi connectivity index (χ0) is 15.2. The molecule has 20 heavy (non-hydrogen) atoms. The summed E-state index contributed by atoms with van der Waals surface area (Å²) in [6.07, 6.45) is -4.23. The van der Waals surface area contributed by atoms with E-state index in [1.165, 1.54) is 9.80 Å². The summed E-state index contributed by atoms with van der Waals surface area (Å²) in [4.78, 5) is 25.3. The summed E-state index contributed by atoms with van der Waals surface area (Å²) in [7, 11) is 0. The smallest absolute Gasteiger partial charge is 0.401 e. The van der Waals surface area contributed by atoms with Gasteiger partial charge in [0.05, 0.1) is 13.2 Å². The van der Waals surface area contributed by atoms with Gasteiger partial charge in [0.25, 0.3) is 0 Å². The number of amides is 2. The number of ether oxygens (including phenoxy) is 1. The third-order valence-electron chi connectivity index (χ3n) is 2.75. The maximum absolute atomic E-state index is 12.2. The molecule has 0 aromatic carbocycles. The summed E-state index contributed by atoms with van der Waals surface area (Å²) >= 11 is 0. The Balaban J connectivity index is 2.27. The summed E-state index contributed by atoms with van der Waals surface area (Å²) in [6.45, 7) is 1.39. The minimum absolute atomic E-state index is 0.159. The first-order valence-corrected chi connectivity index (χ1v) is 6.29. The summed E-state index contributed by atoms with van der Waals surface area (Å²) in [5.41, 5.74) is 0. The van der Waals surface area contributed by atoms with Gasteiger partial charge in [0.2, 0.25) is 0 Å². The first-order valence-electron chi connectivity index (χ1n) is 6.29. The largest absolute Gasteiger partial charge is 0.465 e. The molecule has 1 N–H and O–H groups in total. The van der Waals surface area contributed by atoms with Gasteiger partial charge in [-0.15, -0.1) is 0 Å². The second-order valence-corrected chi connectivity index (χ2v) is 4.34. The van der Waals surface area contributed by atoms with E-state index in [1.807, 2.05) is 0 Å². The van der Waals surface area contributed by atoms with E-state index in [1.54, 1.807) is 6.92 Å². The molecule has 1 fully saturated rings. The van der Waals surface area contributed by atoms with E-state index in [-0.39, 0.29) is 39.3 Å². The quantitative estimate of drug-likeness (QED) is 0.765. The van der Waals surface area contributed by atoms with Gasteiger partial charge in [0.15, 0.2) is 0 Å². The molecule has 2 amide bonds. The van der Waals surface area contributed by atoms with Crippen molar-refractivity contribution in [3.05, 3.63) is 0 Å². The minimum atomic E-state index is -4.23. The molecule has 1 rings (SSSR count). The van der Waals surface area contributed by atoms with Crippen LogP contribution in [0, 0.1) is 0 Å². The Labute approximate surface area is 114 Å². The normalized spacial score (nSPS) is 16.9. The lowest BCUT2D eigenvalue weighted by molar-refractivity contribution is -0.148. The zero-order valence-electron chi connectivity index (χ0n) is 11.2. The van der Waals surface area contributed by atoms with Crippen LogP contribution < -0.4 is 5.32 Å². The van der Waals surface area contributed by atoms with E-state index in [9.17, 15) is 22.8 Å². The third-order valence-corrected chi connectivity index (χ3v) is 2.75. The van der Waals surface area contributed by atoms with Gasteiger partial charge in [-0.3, -0.25) is 9.69 Å². The van der Waals surface area contributed by atoms with Crippen LogP contribution in [0.25, 0.3) is 0 Å². The Kier molecular flexibility index (Phi) is 6.05. The Morgan fingerprint density at radius 3 is 2.30 bits per heavy atom. The van der Waals surface area contributed by atoms with Gasteiger partial charge in [-0.1, -0.05) is 0 Å². The first-order chi connectivity index (χ1) is 9.31. The molecule has 1 saturated heterocycles. The van der Waals surface area contributed by atoms with Crippen LogP contribution in [-0.4, -0.2) is 73.9 Å². The van der Waals surface area contributed by atoms with Crippen molar-refractivity contribution in [2.75, 3.05) is 45.9 Å². The monoisotopic (exact) mass is 297 g/mol. The average Bonchev–Trinajstić information content (AvgIpc) is 2.35. The van der Waals surface area contributed by atoms with Crippen LogP contribution in [0.5, 0.6) is 0 Å². The van der Waals surface area contributed by atoms with Gasteiger partial charge in [0, 0.05) is 26.2 Å². The number of halogens is 3. The van der Waals surface area contributed by atoms with Crippen molar-refractivity contribution in [2.45, 2.75) is 13.1 Å². The average molecular weight is 297 g/mol. The fraction of sp³-hybridized carbons (Fsp3) is 0.818. The Hall–Kier alpha value is -1.51. The van der Waals surface area contributed by atoms with E-state index in [2.05, 4.69) is 10.1 Å². The molecule has 0 spiro atoms. The standard InChI is InChI=1S/C11H18F3N3O3/c1-2-20-9(18)7-15-10(19)17-5-3-16(4-6-17)8-11(12,13)14/h2-8H2,1H3,(H,15,19). The fourth-order valence-electron chi connectivity index (χ4n) is 1.83. The van der Waals surface area contributed by atoms with E-state index in [0.717, 1.165) is 0 Å². The highest BCUT2D eigenvalue weighted by Crippen LogP contribution is 2.17. The van der Waals surface area contributed by atoms with E-state index < -0.39 is 24.7 Å². The van der Waals surface area contributed by atoms with Crippen LogP contribution in [0.3, 0.4) is 0 Å². The number of carbonyl (C=O) groups is 2. The van der Waals surface area contributed by atoms with Crippen molar-refractivity contribution in [1.82, 2.24) is 15.1 Å².